The van der Waals surface area contributed by atoms with Gasteiger partial charge in [-0.25, -0.2) is 0 Å². The zero-order valence-corrected chi connectivity index (χ0v) is 17.5. The fourth-order valence-electron chi connectivity index (χ4n) is 2.37. The van der Waals surface area contributed by atoms with Crippen molar-refractivity contribution in [2.75, 3.05) is 19.0 Å². The van der Waals surface area contributed by atoms with Crippen molar-refractivity contribution in [3.63, 3.8) is 0 Å². The molecular weight excluding hydrogens is 448 g/mol. The molecule has 0 aliphatic carbocycles. The number of nitrogens with one attached hydrogen (secondary N) is 1. The van der Waals surface area contributed by atoms with Crippen LogP contribution in [0.1, 0.15) is 5.56 Å². The van der Waals surface area contributed by atoms with E-state index in [4.69, 9.17) is 17.0 Å². The predicted octanol–water partition coefficient (Wildman–Crippen LogP) is 4.30. The molecule has 3 rings (SSSR count). The molecule has 0 saturated carbocycles. The van der Waals surface area contributed by atoms with E-state index in [1.807, 2.05) is 24.3 Å². The Morgan fingerprint density at radius 2 is 1.89 bits per heavy atom. The largest absolute Gasteiger partial charge is 0.497 e. The van der Waals surface area contributed by atoms with E-state index >= 15 is 0 Å². The molecule has 0 spiro atoms. The lowest BCUT2D eigenvalue weighted by molar-refractivity contribution is -0.126. The van der Waals surface area contributed by atoms with Crippen LogP contribution in [0.15, 0.2) is 57.9 Å². The van der Waals surface area contributed by atoms with Crippen molar-refractivity contribution in [2.45, 2.75) is 0 Å². The van der Waals surface area contributed by atoms with Crippen molar-refractivity contribution in [3.05, 3.63) is 63.5 Å². The van der Waals surface area contributed by atoms with Crippen molar-refractivity contribution >= 4 is 67.8 Å². The molecule has 2 aromatic rings. The number of methoxy groups -OCH3 is 1. The van der Waals surface area contributed by atoms with Crippen LogP contribution in [0.3, 0.4) is 0 Å². The third-order valence-electron chi connectivity index (χ3n) is 3.72. The number of ether oxygens (including phenoxy) is 1. The molecule has 2 amide bonds. The maximum atomic E-state index is 12.6. The van der Waals surface area contributed by atoms with Crippen LogP contribution >= 0.6 is 39.9 Å². The highest BCUT2D eigenvalue weighted by Gasteiger charge is 2.33. The minimum absolute atomic E-state index is 0.131. The third kappa shape index (κ3) is 4.97. The summed E-state index contributed by atoms with van der Waals surface area (Å²) >= 11 is 9.84. The van der Waals surface area contributed by atoms with Gasteiger partial charge >= 0.3 is 0 Å². The lowest BCUT2D eigenvalue weighted by Crippen LogP contribution is -2.36. The molecule has 27 heavy (non-hydrogen) atoms. The smallest absolute Gasteiger partial charge is 0.266 e. The average molecular weight is 463 g/mol. The lowest BCUT2D eigenvalue weighted by atomic mass is 10.2. The Morgan fingerprint density at radius 1 is 1.22 bits per heavy atom. The number of halogens is 1. The summed E-state index contributed by atoms with van der Waals surface area (Å²) in [6, 6.07) is 14.5. The summed E-state index contributed by atoms with van der Waals surface area (Å²) in [6.45, 7) is -0.131. The molecular formula is C19H15BrN2O3S2. The van der Waals surface area contributed by atoms with Gasteiger partial charge in [0.2, 0.25) is 5.91 Å². The van der Waals surface area contributed by atoms with E-state index in [0.29, 0.717) is 20.7 Å². The highest BCUT2D eigenvalue weighted by molar-refractivity contribution is 9.10. The molecule has 1 aliphatic heterocycles. The summed E-state index contributed by atoms with van der Waals surface area (Å²) in [7, 11) is 1.57. The molecule has 1 aliphatic rings. The molecule has 0 bridgehead atoms. The predicted molar refractivity (Wildman–Crippen MR) is 116 cm³/mol. The van der Waals surface area contributed by atoms with Crippen molar-refractivity contribution in [3.8, 4) is 5.75 Å². The fourth-order valence-corrected chi connectivity index (χ4v) is 3.88. The number of hydrogen-bond acceptors (Lipinski definition) is 5. The highest BCUT2D eigenvalue weighted by atomic mass is 79.9. The van der Waals surface area contributed by atoms with Crippen LogP contribution in [0, 0.1) is 0 Å². The third-order valence-corrected chi connectivity index (χ3v) is 5.62. The van der Waals surface area contributed by atoms with Crippen LogP contribution in [-0.4, -0.2) is 34.7 Å². The summed E-state index contributed by atoms with van der Waals surface area (Å²) in [4.78, 5) is 26.7. The highest BCUT2D eigenvalue weighted by Crippen LogP contribution is 2.32. The van der Waals surface area contributed by atoms with Gasteiger partial charge in [-0.05, 0) is 48.0 Å². The van der Waals surface area contributed by atoms with Gasteiger partial charge in [0.25, 0.3) is 5.91 Å². The SMILES string of the molecule is COc1ccc(NC(=O)CN2C(=O)/C(=C/c3ccc(Br)cc3)SC2=S)cc1. The van der Waals surface area contributed by atoms with E-state index in [2.05, 4.69) is 21.2 Å². The van der Waals surface area contributed by atoms with Gasteiger partial charge in [0.1, 0.15) is 16.6 Å². The second-order valence-corrected chi connectivity index (χ2v) is 8.19. The second-order valence-electron chi connectivity index (χ2n) is 5.60. The van der Waals surface area contributed by atoms with Crippen LogP contribution < -0.4 is 10.1 Å². The van der Waals surface area contributed by atoms with Gasteiger partial charge < -0.3 is 10.1 Å². The van der Waals surface area contributed by atoms with Crippen molar-refractivity contribution in [1.29, 1.82) is 0 Å². The van der Waals surface area contributed by atoms with Crippen molar-refractivity contribution < 1.29 is 14.3 Å². The van der Waals surface area contributed by atoms with E-state index in [9.17, 15) is 9.59 Å². The van der Waals surface area contributed by atoms with Gasteiger partial charge in [0.05, 0.1) is 12.0 Å². The van der Waals surface area contributed by atoms with E-state index in [1.54, 1.807) is 37.5 Å². The quantitative estimate of drug-likeness (QED) is 0.530. The number of benzene rings is 2. The van der Waals surface area contributed by atoms with Crippen LogP contribution in [0.25, 0.3) is 6.08 Å². The number of carbonyl (C=O) groups excluding carboxylic acids is 2. The Morgan fingerprint density at radius 3 is 2.52 bits per heavy atom. The Bertz CT molecular complexity index is 912. The van der Waals surface area contributed by atoms with E-state index in [1.165, 1.54) is 16.7 Å². The van der Waals surface area contributed by atoms with Gasteiger partial charge in [-0.15, -0.1) is 0 Å². The van der Waals surface area contributed by atoms with Crippen molar-refractivity contribution in [2.24, 2.45) is 0 Å². The molecule has 1 saturated heterocycles. The topological polar surface area (TPSA) is 58.6 Å². The molecule has 1 heterocycles. The Balaban J connectivity index is 1.65. The number of amides is 2. The zero-order chi connectivity index (χ0) is 19.4. The van der Waals surface area contributed by atoms with Gasteiger partial charge in [0.15, 0.2) is 0 Å². The van der Waals surface area contributed by atoms with Crippen molar-refractivity contribution in [1.82, 2.24) is 4.90 Å². The maximum Gasteiger partial charge on any atom is 0.266 e. The summed E-state index contributed by atoms with van der Waals surface area (Å²) in [6.07, 6.45) is 1.77. The fraction of sp³-hybridized carbons (Fsp3) is 0.105. The molecule has 1 fully saturated rings. The molecule has 0 radical (unpaired) electrons. The summed E-state index contributed by atoms with van der Waals surface area (Å²) in [5, 5.41) is 2.75. The number of anilines is 1. The molecule has 138 valence electrons. The van der Waals surface area contributed by atoms with Gasteiger partial charge in [-0.1, -0.05) is 52.0 Å². The normalized spacial score (nSPS) is 15.3. The summed E-state index contributed by atoms with van der Waals surface area (Å²) < 4.78 is 6.41. The van der Waals surface area contributed by atoms with Gasteiger partial charge in [-0.3, -0.25) is 14.5 Å². The molecule has 0 aromatic heterocycles. The first-order valence-corrected chi connectivity index (χ1v) is 9.93. The average Bonchev–Trinajstić information content (AvgIpc) is 2.91. The van der Waals surface area contributed by atoms with E-state index in [-0.39, 0.29) is 18.4 Å². The number of hydrogen-bond donors (Lipinski definition) is 1. The monoisotopic (exact) mass is 462 g/mol. The molecule has 1 N–H and O–H groups in total. The van der Waals surface area contributed by atoms with Crippen LogP contribution in [0.4, 0.5) is 5.69 Å². The van der Waals surface area contributed by atoms with E-state index in [0.717, 1.165) is 10.0 Å². The Kier molecular flexibility index (Phi) is 6.30. The van der Waals surface area contributed by atoms with E-state index < -0.39 is 0 Å². The minimum Gasteiger partial charge on any atom is -0.497 e. The molecule has 2 aromatic carbocycles. The number of nitrogens with zero attached hydrogens (tertiary/aromatic N) is 1. The first-order valence-electron chi connectivity index (χ1n) is 7.91. The number of rotatable bonds is 5. The summed E-state index contributed by atoms with van der Waals surface area (Å²) in [5.41, 5.74) is 1.51. The summed E-state index contributed by atoms with van der Waals surface area (Å²) in [5.74, 6) is 0.113. The van der Waals surface area contributed by atoms with Crippen LogP contribution in [0.5, 0.6) is 5.75 Å². The standard InChI is InChI=1S/C19H15BrN2O3S2/c1-25-15-8-6-14(7-9-15)21-17(23)11-22-18(24)16(27-19(22)26)10-12-2-4-13(20)5-3-12/h2-10H,11H2,1H3,(H,21,23)/b16-10-. The molecule has 0 atom stereocenters. The zero-order valence-electron chi connectivity index (χ0n) is 14.3. The van der Waals surface area contributed by atoms with Crippen LogP contribution in [0.2, 0.25) is 0 Å². The number of thiocarbonyl (C=S) groups is 1. The van der Waals surface area contributed by atoms with Gasteiger partial charge in [-0.2, -0.15) is 0 Å². The minimum atomic E-state index is -0.318. The Labute approximate surface area is 174 Å². The van der Waals surface area contributed by atoms with Gasteiger partial charge in [0, 0.05) is 10.2 Å². The molecule has 0 unspecified atom stereocenters. The number of carbonyl (C=O) groups is 2. The number of thioether (sulfide) groups is 1. The van der Waals surface area contributed by atoms with Crippen LogP contribution in [-0.2, 0) is 9.59 Å². The molecule has 8 heteroatoms. The second kappa shape index (κ2) is 8.69. The first kappa shape index (κ1) is 19.6. The Hall–Kier alpha value is -2.16. The lowest BCUT2D eigenvalue weighted by Gasteiger charge is -2.14. The maximum absolute atomic E-state index is 12.6. The molecule has 5 nitrogen and oxygen atoms in total. The first-order chi connectivity index (χ1) is 13.0.